The molecule has 26 heavy (non-hydrogen) atoms. The zero-order valence-corrected chi connectivity index (χ0v) is 17.2. The van der Waals surface area contributed by atoms with Crippen LogP contribution in [0.3, 0.4) is 0 Å². The Morgan fingerprint density at radius 3 is 2.35 bits per heavy atom. The third kappa shape index (κ3) is 12.3. The van der Waals surface area contributed by atoms with Gasteiger partial charge in [0, 0.05) is 6.42 Å². The van der Waals surface area contributed by atoms with E-state index in [1.807, 2.05) is 0 Å². The molecule has 1 aliphatic carbocycles. The molecule has 1 unspecified atom stereocenters. The summed E-state index contributed by atoms with van der Waals surface area (Å²) >= 11 is 0. The van der Waals surface area contributed by atoms with E-state index in [1.54, 1.807) is 5.57 Å². The van der Waals surface area contributed by atoms with E-state index >= 15 is 0 Å². The van der Waals surface area contributed by atoms with Crippen molar-refractivity contribution in [2.75, 3.05) is 0 Å². The number of rotatable bonds is 16. The molecule has 1 rings (SSSR count). The van der Waals surface area contributed by atoms with Gasteiger partial charge in [0.15, 0.2) is 0 Å². The van der Waals surface area contributed by atoms with Crippen molar-refractivity contribution >= 4 is 5.97 Å². The smallest absolute Gasteiger partial charge is 0.303 e. The Kier molecular flexibility index (Phi) is 14.3. The maximum absolute atomic E-state index is 10.9. The molecule has 1 aliphatic rings. The number of hydrogen-bond acceptors (Lipinski definition) is 1. The van der Waals surface area contributed by atoms with Gasteiger partial charge in [0.05, 0.1) is 0 Å². The number of allylic oxidation sites excluding steroid dienone is 4. The second-order valence-corrected chi connectivity index (χ2v) is 7.97. The lowest BCUT2D eigenvalue weighted by Crippen LogP contribution is -2.10. The molecule has 0 radical (unpaired) electrons. The van der Waals surface area contributed by atoms with Gasteiger partial charge in [-0.2, -0.15) is 0 Å². The van der Waals surface area contributed by atoms with Gasteiger partial charge in [-0.25, -0.2) is 0 Å². The lowest BCUT2D eigenvalue weighted by atomic mass is 9.83. The SMILES string of the molecule is CCCCCCCC/C=C\CCCCC(CCC(=O)O)C1=CCCCC1. The van der Waals surface area contributed by atoms with Crippen LogP contribution in [0, 0.1) is 5.92 Å². The van der Waals surface area contributed by atoms with Gasteiger partial charge >= 0.3 is 5.97 Å². The van der Waals surface area contributed by atoms with E-state index in [0.717, 1.165) is 6.42 Å². The van der Waals surface area contributed by atoms with E-state index in [-0.39, 0.29) is 0 Å². The van der Waals surface area contributed by atoms with Gasteiger partial charge in [-0.3, -0.25) is 4.79 Å². The maximum atomic E-state index is 10.9. The minimum atomic E-state index is -0.649. The molecule has 0 amide bonds. The largest absolute Gasteiger partial charge is 0.481 e. The Morgan fingerprint density at radius 2 is 1.69 bits per heavy atom. The summed E-state index contributed by atoms with van der Waals surface area (Å²) in [4.78, 5) is 10.9. The highest BCUT2D eigenvalue weighted by atomic mass is 16.4. The molecule has 0 saturated heterocycles. The number of unbranched alkanes of at least 4 members (excludes halogenated alkanes) is 8. The molecule has 0 heterocycles. The molecule has 150 valence electrons. The number of hydrogen-bond donors (Lipinski definition) is 1. The normalized spacial score (nSPS) is 16.0. The first kappa shape index (κ1) is 23.0. The van der Waals surface area contributed by atoms with Crippen molar-refractivity contribution in [1.29, 1.82) is 0 Å². The van der Waals surface area contributed by atoms with Crippen LogP contribution in [-0.4, -0.2) is 11.1 Å². The summed E-state index contributed by atoms with van der Waals surface area (Å²) in [5.74, 6) is -0.137. The van der Waals surface area contributed by atoms with Crippen LogP contribution >= 0.6 is 0 Å². The molecular formula is C24H42O2. The summed E-state index contributed by atoms with van der Waals surface area (Å²) in [5.41, 5.74) is 1.55. The van der Waals surface area contributed by atoms with E-state index in [1.165, 1.54) is 96.3 Å². The van der Waals surface area contributed by atoms with E-state index in [2.05, 4.69) is 25.2 Å². The van der Waals surface area contributed by atoms with Crippen LogP contribution in [0.15, 0.2) is 23.8 Å². The van der Waals surface area contributed by atoms with Crippen molar-refractivity contribution in [3.8, 4) is 0 Å². The molecule has 1 atom stereocenters. The highest BCUT2D eigenvalue weighted by Crippen LogP contribution is 2.31. The molecule has 0 aromatic carbocycles. The van der Waals surface area contributed by atoms with Crippen LogP contribution < -0.4 is 0 Å². The Morgan fingerprint density at radius 1 is 1.00 bits per heavy atom. The predicted molar refractivity (Wildman–Crippen MR) is 113 cm³/mol. The molecular weight excluding hydrogens is 320 g/mol. The van der Waals surface area contributed by atoms with Crippen LogP contribution in [0.5, 0.6) is 0 Å². The molecule has 2 heteroatoms. The minimum absolute atomic E-state index is 0.320. The first-order valence-corrected chi connectivity index (χ1v) is 11.3. The van der Waals surface area contributed by atoms with Gasteiger partial charge < -0.3 is 5.11 Å². The second-order valence-electron chi connectivity index (χ2n) is 7.97. The van der Waals surface area contributed by atoms with Crippen LogP contribution in [0.1, 0.15) is 116 Å². The van der Waals surface area contributed by atoms with E-state index in [9.17, 15) is 4.79 Å². The fraction of sp³-hybridized carbons (Fsp3) is 0.792. The van der Waals surface area contributed by atoms with Crippen molar-refractivity contribution in [2.45, 2.75) is 116 Å². The third-order valence-corrected chi connectivity index (χ3v) is 5.62. The number of aliphatic carboxylic acids is 1. The van der Waals surface area contributed by atoms with Gasteiger partial charge in [-0.1, -0.05) is 69.2 Å². The number of carbonyl (C=O) groups is 1. The van der Waals surface area contributed by atoms with Crippen molar-refractivity contribution in [3.05, 3.63) is 23.8 Å². The molecule has 1 N–H and O–H groups in total. The number of carboxylic acid groups (broad SMARTS) is 1. The lowest BCUT2D eigenvalue weighted by Gasteiger charge is -2.23. The molecule has 0 aromatic rings. The highest BCUT2D eigenvalue weighted by Gasteiger charge is 2.17. The average molecular weight is 363 g/mol. The zero-order chi connectivity index (χ0) is 18.9. The quantitative estimate of drug-likeness (QED) is 0.224. The first-order chi connectivity index (χ1) is 12.7. The molecule has 2 nitrogen and oxygen atoms in total. The Labute approximate surface area is 162 Å². The fourth-order valence-corrected chi connectivity index (χ4v) is 3.98. The van der Waals surface area contributed by atoms with Crippen molar-refractivity contribution in [1.82, 2.24) is 0 Å². The third-order valence-electron chi connectivity index (χ3n) is 5.62. The first-order valence-electron chi connectivity index (χ1n) is 11.3. The van der Waals surface area contributed by atoms with Gasteiger partial charge in [0.2, 0.25) is 0 Å². The highest BCUT2D eigenvalue weighted by molar-refractivity contribution is 5.66. The van der Waals surface area contributed by atoms with E-state index < -0.39 is 5.97 Å². The Balaban J connectivity index is 2.11. The standard InChI is InChI=1S/C24H42O2/c1-2-3-4-5-6-7-8-9-10-11-12-14-19-23(20-21-24(25)26)22-17-15-13-16-18-22/h9-10,17,23H,2-8,11-16,18-21H2,1H3,(H,25,26)/b10-9-. The van der Waals surface area contributed by atoms with Crippen LogP contribution in [0.2, 0.25) is 0 Å². The van der Waals surface area contributed by atoms with Crippen molar-refractivity contribution in [3.63, 3.8) is 0 Å². The molecule has 0 saturated carbocycles. The molecule has 0 aromatic heterocycles. The van der Waals surface area contributed by atoms with Gasteiger partial charge in [-0.15, -0.1) is 0 Å². The van der Waals surface area contributed by atoms with E-state index in [0.29, 0.717) is 12.3 Å². The van der Waals surface area contributed by atoms with Gasteiger partial charge in [0.1, 0.15) is 0 Å². The van der Waals surface area contributed by atoms with Crippen LogP contribution in [0.25, 0.3) is 0 Å². The van der Waals surface area contributed by atoms with E-state index in [4.69, 9.17) is 5.11 Å². The van der Waals surface area contributed by atoms with Crippen molar-refractivity contribution in [2.24, 2.45) is 5.92 Å². The minimum Gasteiger partial charge on any atom is -0.481 e. The number of carboxylic acids is 1. The lowest BCUT2D eigenvalue weighted by molar-refractivity contribution is -0.137. The van der Waals surface area contributed by atoms with Crippen LogP contribution in [-0.2, 0) is 4.79 Å². The summed E-state index contributed by atoms with van der Waals surface area (Å²) in [6, 6.07) is 0. The Hall–Kier alpha value is -1.05. The van der Waals surface area contributed by atoms with Crippen molar-refractivity contribution < 1.29 is 9.90 Å². The molecule has 0 bridgehead atoms. The molecule has 0 fully saturated rings. The summed E-state index contributed by atoms with van der Waals surface area (Å²) < 4.78 is 0. The second kappa shape index (κ2) is 16.1. The summed E-state index contributed by atoms with van der Waals surface area (Å²) in [5, 5.41) is 9.00. The molecule has 0 aliphatic heterocycles. The maximum Gasteiger partial charge on any atom is 0.303 e. The monoisotopic (exact) mass is 362 g/mol. The Bertz CT molecular complexity index is 408. The van der Waals surface area contributed by atoms with Gasteiger partial charge in [0.25, 0.3) is 0 Å². The van der Waals surface area contributed by atoms with Crippen LogP contribution in [0.4, 0.5) is 0 Å². The van der Waals surface area contributed by atoms with Gasteiger partial charge in [-0.05, 0) is 70.1 Å². The summed E-state index contributed by atoms with van der Waals surface area (Å²) in [6.07, 6.45) is 27.5. The molecule has 0 spiro atoms. The zero-order valence-electron chi connectivity index (χ0n) is 17.2. The topological polar surface area (TPSA) is 37.3 Å². The summed E-state index contributed by atoms with van der Waals surface area (Å²) in [6.45, 7) is 2.27. The average Bonchev–Trinajstić information content (AvgIpc) is 2.65. The summed E-state index contributed by atoms with van der Waals surface area (Å²) in [7, 11) is 0. The fourth-order valence-electron chi connectivity index (χ4n) is 3.98. The predicted octanol–water partition coefficient (Wildman–Crippen LogP) is 7.84.